The van der Waals surface area contributed by atoms with E-state index in [1.807, 2.05) is 6.92 Å². The number of unbranched alkanes of at least 4 members (excludes halogenated alkanes) is 2. The predicted octanol–water partition coefficient (Wildman–Crippen LogP) is 1.49. The fourth-order valence-electron chi connectivity index (χ4n) is 4.11. The highest BCUT2D eigenvalue weighted by Crippen LogP contribution is 2.21. The molecule has 1 aliphatic rings. The van der Waals surface area contributed by atoms with Gasteiger partial charge in [0.2, 0.25) is 17.7 Å². The van der Waals surface area contributed by atoms with Gasteiger partial charge < -0.3 is 20.4 Å². The third kappa shape index (κ3) is 7.49. The molecule has 1 aliphatic heterocycles. The Morgan fingerprint density at radius 2 is 1.91 bits per heavy atom. The number of rotatable bonds is 12. The third-order valence-electron chi connectivity index (χ3n) is 5.95. The predicted molar refractivity (Wildman–Crippen MR) is 118 cm³/mol. The van der Waals surface area contributed by atoms with E-state index in [1.54, 1.807) is 22.5 Å². The van der Waals surface area contributed by atoms with Gasteiger partial charge in [-0.05, 0) is 37.0 Å². The van der Waals surface area contributed by atoms with E-state index in [0.29, 0.717) is 19.4 Å². The van der Waals surface area contributed by atoms with Gasteiger partial charge in [-0.25, -0.2) is 5.48 Å². The number of phenolic OH excluding ortho intramolecular Hbond substituents is 1. The number of carbonyl (C=O) groups is 3. The summed E-state index contributed by atoms with van der Waals surface area (Å²) in [5.74, 6) is -1.91. The van der Waals surface area contributed by atoms with Crippen molar-refractivity contribution in [3.8, 4) is 5.75 Å². The van der Waals surface area contributed by atoms with Crippen LogP contribution in [0.2, 0.25) is 0 Å². The van der Waals surface area contributed by atoms with Crippen LogP contribution in [0, 0.1) is 5.92 Å². The van der Waals surface area contributed by atoms with Gasteiger partial charge in [-0.3, -0.25) is 19.6 Å². The first-order valence-electron chi connectivity index (χ1n) is 11.3. The number of aliphatic hydroxyl groups excluding tert-OH is 1. The van der Waals surface area contributed by atoms with Crippen LogP contribution in [0.4, 0.5) is 0 Å². The summed E-state index contributed by atoms with van der Waals surface area (Å²) in [6, 6.07) is 5.27. The number of hydrogen-bond acceptors (Lipinski definition) is 6. The lowest BCUT2D eigenvalue weighted by Crippen LogP contribution is -2.53. The number of nitrogens with zero attached hydrogens (tertiary/aromatic N) is 1. The van der Waals surface area contributed by atoms with Crippen molar-refractivity contribution in [3.05, 3.63) is 29.8 Å². The summed E-state index contributed by atoms with van der Waals surface area (Å²) in [7, 11) is 0. The Kier molecular flexibility index (Phi) is 10.4. The van der Waals surface area contributed by atoms with E-state index in [0.717, 1.165) is 31.2 Å². The van der Waals surface area contributed by atoms with Crippen LogP contribution in [0.15, 0.2) is 24.3 Å². The van der Waals surface area contributed by atoms with E-state index in [4.69, 9.17) is 5.21 Å². The molecule has 3 amide bonds. The number of amides is 3. The molecule has 1 heterocycles. The van der Waals surface area contributed by atoms with Gasteiger partial charge in [-0.2, -0.15) is 0 Å². The average molecular weight is 450 g/mol. The van der Waals surface area contributed by atoms with Gasteiger partial charge in [0, 0.05) is 25.3 Å². The minimum atomic E-state index is -0.870. The number of nitrogens with one attached hydrogen (secondary N) is 2. The maximum Gasteiger partial charge on any atom is 0.245 e. The minimum absolute atomic E-state index is 0.103. The van der Waals surface area contributed by atoms with Gasteiger partial charge in [0.15, 0.2) is 0 Å². The second-order valence-electron chi connectivity index (χ2n) is 8.37. The zero-order chi connectivity index (χ0) is 23.5. The van der Waals surface area contributed by atoms with Crippen LogP contribution in [0.5, 0.6) is 5.75 Å². The molecule has 1 saturated heterocycles. The number of hydrogen-bond donors (Lipinski definition) is 5. The number of phenols is 1. The Morgan fingerprint density at radius 3 is 2.53 bits per heavy atom. The van der Waals surface area contributed by atoms with Crippen molar-refractivity contribution in [1.82, 2.24) is 15.7 Å². The molecule has 0 spiro atoms. The van der Waals surface area contributed by atoms with Crippen LogP contribution in [-0.4, -0.2) is 63.3 Å². The van der Waals surface area contributed by atoms with Crippen LogP contribution >= 0.6 is 0 Å². The summed E-state index contributed by atoms with van der Waals surface area (Å²) < 4.78 is 0. The van der Waals surface area contributed by atoms with Crippen molar-refractivity contribution in [2.45, 2.75) is 70.4 Å². The number of benzene rings is 1. The lowest BCUT2D eigenvalue weighted by molar-refractivity contribution is -0.139. The Balaban J connectivity index is 2.19. The summed E-state index contributed by atoms with van der Waals surface area (Å²) in [6.45, 7) is 2.41. The fourth-order valence-corrected chi connectivity index (χ4v) is 4.11. The molecule has 1 fully saturated rings. The minimum Gasteiger partial charge on any atom is -0.508 e. The van der Waals surface area contributed by atoms with Crippen molar-refractivity contribution in [2.24, 2.45) is 5.92 Å². The van der Waals surface area contributed by atoms with Crippen molar-refractivity contribution < 1.29 is 29.8 Å². The number of likely N-dealkylation sites (tertiary alicyclic amines) is 1. The molecule has 1 aromatic carbocycles. The molecule has 1 aromatic rings. The number of hydroxylamine groups is 1. The molecular weight excluding hydrogens is 414 g/mol. The Hall–Kier alpha value is -2.65. The summed E-state index contributed by atoms with van der Waals surface area (Å²) in [6.07, 6.45) is 4.62. The topological polar surface area (TPSA) is 139 Å². The highest BCUT2D eigenvalue weighted by atomic mass is 16.5. The Labute approximate surface area is 188 Å². The molecule has 0 saturated carbocycles. The largest absolute Gasteiger partial charge is 0.508 e. The zero-order valence-corrected chi connectivity index (χ0v) is 18.6. The van der Waals surface area contributed by atoms with E-state index in [2.05, 4.69) is 5.32 Å². The molecule has 9 heteroatoms. The van der Waals surface area contributed by atoms with Crippen LogP contribution in [0.25, 0.3) is 0 Å². The molecule has 32 heavy (non-hydrogen) atoms. The molecule has 9 nitrogen and oxygen atoms in total. The monoisotopic (exact) mass is 449 g/mol. The SMILES string of the molecule is CCCCC[C@@H](CC(=O)NO)C(=O)N[C@@H](Cc1ccc(O)cc1)C(=O)N1CCC[C@H]1CO. The maximum absolute atomic E-state index is 13.3. The Morgan fingerprint density at radius 1 is 1.19 bits per heavy atom. The van der Waals surface area contributed by atoms with Crippen molar-refractivity contribution in [2.75, 3.05) is 13.2 Å². The molecule has 3 atom stereocenters. The molecule has 0 bridgehead atoms. The zero-order valence-electron chi connectivity index (χ0n) is 18.6. The van der Waals surface area contributed by atoms with Crippen molar-refractivity contribution in [1.29, 1.82) is 0 Å². The molecule has 178 valence electrons. The molecule has 0 aromatic heterocycles. The van der Waals surface area contributed by atoms with Gasteiger partial charge in [-0.15, -0.1) is 0 Å². The number of aliphatic hydroxyl groups is 1. The molecule has 2 rings (SSSR count). The number of carbonyl (C=O) groups excluding carboxylic acids is 3. The van der Waals surface area contributed by atoms with Crippen molar-refractivity contribution >= 4 is 17.7 Å². The van der Waals surface area contributed by atoms with Gasteiger partial charge in [0.1, 0.15) is 11.8 Å². The lowest BCUT2D eigenvalue weighted by Gasteiger charge is -2.29. The van der Waals surface area contributed by atoms with Crippen LogP contribution in [0.3, 0.4) is 0 Å². The van der Waals surface area contributed by atoms with Crippen LogP contribution in [-0.2, 0) is 20.8 Å². The van der Waals surface area contributed by atoms with E-state index in [-0.39, 0.29) is 37.1 Å². The summed E-state index contributed by atoms with van der Waals surface area (Å²) in [5, 5.41) is 30.9. The van der Waals surface area contributed by atoms with E-state index in [1.165, 1.54) is 12.1 Å². The maximum atomic E-state index is 13.3. The van der Waals surface area contributed by atoms with E-state index in [9.17, 15) is 24.6 Å². The third-order valence-corrected chi connectivity index (χ3v) is 5.95. The lowest BCUT2D eigenvalue weighted by atomic mass is 9.95. The summed E-state index contributed by atoms with van der Waals surface area (Å²) >= 11 is 0. The van der Waals surface area contributed by atoms with Gasteiger partial charge in [0.05, 0.1) is 12.6 Å². The second kappa shape index (κ2) is 13.0. The molecule has 0 unspecified atom stereocenters. The highest BCUT2D eigenvalue weighted by Gasteiger charge is 2.35. The second-order valence-corrected chi connectivity index (χ2v) is 8.37. The van der Waals surface area contributed by atoms with Gasteiger partial charge in [-0.1, -0.05) is 38.3 Å². The highest BCUT2D eigenvalue weighted by molar-refractivity contribution is 5.91. The molecule has 0 aliphatic carbocycles. The van der Waals surface area contributed by atoms with Crippen molar-refractivity contribution in [3.63, 3.8) is 0 Å². The van der Waals surface area contributed by atoms with Crippen LogP contribution in [0.1, 0.15) is 57.4 Å². The fraction of sp³-hybridized carbons (Fsp3) is 0.609. The quantitative estimate of drug-likeness (QED) is 0.186. The summed E-state index contributed by atoms with van der Waals surface area (Å²) in [4.78, 5) is 39.7. The first kappa shape index (κ1) is 25.6. The van der Waals surface area contributed by atoms with E-state index >= 15 is 0 Å². The standard InChI is InChI=1S/C23H35N3O6/c1-2-3-4-6-17(14-21(29)25-32)22(30)24-20(13-16-8-10-19(28)11-9-16)23(31)26-12-5-7-18(26)15-27/h8-11,17-18,20,27-28,32H,2-7,12-15H2,1H3,(H,24,30)(H,25,29)/t17-,18-,20-/m0/s1. The number of aromatic hydroxyl groups is 1. The first-order chi connectivity index (χ1) is 15.4. The molecule has 0 radical (unpaired) electrons. The smallest absolute Gasteiger partial charge is 0.245 e. The normalized spacial score (nSPS) is 17.6. The van der Waals surface area contributed by atoms with E-state index < -0.39 is 23.8 Å². The first-order valence-corrected chi connectivity index (χ1v) is 11.3. The van der Waals surface area contributed by atoms with Gasteiger partial charge >= 0.3 is 0 Å². The van der Waals surface area contributed by atoms with Crippen LogP contribution < -0.4 is 10.8 Å². The summed E-state index contributed by atoms with van der Waals surface area (Å²) in [5.41, 5.74) is 2.34. The molecule has 5 N–H and O–H groups in total. The van der Waals surface area contributed by atoms with Gasteiger partial charge in [0.25, 0.3) is 0 Å². The molecular formula is C23H35N3O6. The Bertz CT molecular complexity index is 755. The average Bonchev–Trinajstić information content (AvgIpc) is 3.27.